The molecule has 2 aromatic rings. The fourth-order valence-corrected chi connectivity index (χ4v) is 4.43. The molecule has 1 saturated heterocycles. The van der Waals surface area contributed by atoms with E-state index in [-0.39, 0.29) is 6.42 Å². The molecule has 3 nitrogen and oxygen atoms in total. The summed E-state index contributed by atoms with van der Waals surface area (Å²) in [6.07, 6.45) is 5.83. The Morgan fingerprint density at radius 1 is 1.04 bits per heavy atom. The minimum atomic E-state index is -0.735. The molecule has 0 amide bonds. The largest absolute Gasteiger partial charge is 0.481 e. The van der Waals surface area contributed by atoms with Crippen LogP contribution >= 0.6 is 0 Å². The SMILES string of the molecule is CCCCN1CCC(C(c2ccccc2)c2ccc(CCC(=O)O)cc2)CC1. The zero-order valence-electron chi connectivity index (χ0n) is 17.0. The number of aliphatic carboxylic acids is 1. The lowest BCUT2D eigenvalue weighted by molar-refractivity contribution is -0.136. The van der Waals surface area contributed by atoms with E-state index in [9.17, 15) is 4.79 Å². The van der Waals surface area contributed by atoms with Crippen molar-refractivity contribution in [2.24, 2.45) is 5.92 Å². The molecule has 2 aromatic carbocycles. The zero-order valence-corrected chi connectivity index (χ0v) is 17.0. The van der Waals surface area contributed by atoms with Gasteiger partial charge in [-0.15, -0.1) is 0 Å². The van der Waals surface area contributed by atoms with Crippen LogP contribution in [0.2, 0.25) is 0 Å². The second-order valence-electron chi connectivity index (χ2n) is 8.06. The Hall–Kier alpha value is -2.13. The molecule has 1 aliphatic rings. The van der Waals surface area contributed by atoms with Crippen LogP contribution in [0.5, 0.6) is 0 Å². The third-order valence-corrected chi connectivity index (χ3v) is 6.06. The summed E-state index contributed by atoms with van der Waals surface area (Å²) in [6.45, 7) is 5.89. The first-order valence-corrected chi connectivity index (χ1v) is 10.7. The van der Waals surface area contributed by atoms with Crippen LogP contribution < -0.4 is 0 Å². The molecule has 1 heterocycles. The summed E-state index contributed by atoms with van der Waals surface area (Å²) in [7, 11) is 0. The van der Waals surface area contributed by atoms with Gasteiger partial charge in [0, 0.05) is 12.3 Å². The van der Waals surface area contributed by atoms with Crippen LogP contribution in [0.25, 0.3) is 0 Å². The first kappa shape index (κ1) is 20.6. The highest BCUT2D eigenvalue weighted by Crippen LogP contribution is 2.38. The molecule has 0 saturated carbocycles. The Kier molecular flexibility index (Phi) is 7.67. The van der Waals surface area contributed by atoms with Gasteiger partial charge >= 0.3 is 5.97 Å². The minimum Gasteiger partial charge on any atom is -0.481 e. The maximum atomic E-state index is 10.8. The summed E-state index contributed by atoms with van der Waals surface area (Å²) >= 11 is 0. The molecule has 1 N–H and O–H groups in total. The van der Waals surface area contributed by atoms with Crippen molar-refractivity contribution in [1.29, 1.82) is 0 Å². The number of carbonyl (C=O) groups is 1. The Labute approximate surface area is 169 Å². The van der Waals surface area contributed by atoms with Crippen molar-refractivity contribution in [3.8, 4) is 0 Å². The van der Waals surface area contributed by atoms with Gasteiger partial charge in [-0.25, -0.2) is 0 Å². The number of unbranched alkanes of at least 4 members (excludes halogenated alkanes) is 1. The van der Waals surface area contributed by atoms with E-state index in [1.807, 2.05) is 0 Å². The number of benzene rings is 2. The lowest BCUT2D eigenvalue weighted by atomic mass is 9.76. The van der Waals surface area contributed by atoms with E-state index < -0.39 is 5.97 Å². The smallest absolute Gasteiger partial charge is 0.303 e. The molecule has 3 rings (SSSR count). The van der Waals surface area contributed by atoms with Crippen molar-refractivity contribution in [1.82, 2.24) is 4.90 Å². The van der Waals surface area contributed by atoms with Gasteiger partial charge < -0.3 is 10.0 Å². The van der Waals surface area contributed by atoms with Gasteiger partial charge in [0.05, 0.1) is 0 Å². The van der Waals surface area contributed by atoms with Gasteiger partial charge in [0.15, 0.2) is 0 Å². The van der Waals surface area contributed by atoms with E-state index >= 15 is 0 Å². The van der Waals surface area contributed by atoms with Crippen LogP contribution in [0, 0.1) is 5.92 Å². The van der Waals surface area contributed by atoms with Crippen molar-refractivity contribution in [3.63, 3.8) is 0 Å². The maximum Gasteiger partial charge on any atom is 0.303 e. The molecule has 1 unspecified atom stereocenters. The first-order valence-electron chi connectivity index (χ1n) is 10.7. The second kappa shape index (κ2) is 10.4. The highest BCUT2D eigenvalue weighted by Gasteiger charge is 2.28. The topological polar surface area (TPSA) is 40.5 Å². The molecule has 1 aliphatic heterocycles. The summed E-state index contributed by atoms with van der Waals surface area (Å²) in [6, 6.07) is 19.5. The summed E-state index contributed by atoms with van der Waals surface area (Å²) in [5.41, 5.74) is 3.86. The molecule has 1 fully saturated rings. The van der Waals surface area contributed by atoms with E-state index in [2.05, 4.69) is 66.4 Å². The Bertz CT molecular complexity index is 718. The molecular weight excluding hydrogens is 346 g/mol. The molecule has 0 spiro atoms. The van der Waals surface area contributed by atoms with Gasteiger partial charge in [0.2, 0.25) is 0 Å². The predicted molar refractivity (Wildman–Crippen MR) is 115 cm³/mol. The number of piperidine rings is 1. The van der Waals surface area contributed by atoms with E-state index in [4.69, 9.17) is 5.11 Å². The van der Waals surface area contributed by atoms with Crippen LogP contribution in [0.1, 0.15) is 61.6 Å². The van der Waals surface area contributed by atoms with Gasteiger partial charge in [0.1, 0.15) is 0 Å². The number of carboxylic acid groups (broad SMARTS) is 1. The Morgan fingerprint density at radius 2 is 1.68 bits per heavy atom. The van der Waals surface area contributed by atoms with Gasteiger partial charge in [0.25, 0.3) is 0 Å². The maximum absolute atomic E-state index is 10.8. The fourth-order valence-electron chi connectivity index (χ4n) is 4.43. The fraction of sp³-hybridized carbons (Fsp3) is 0.480. The highest BCUT2D eigenvalue weighted by atomic mass is 16.4. The molecule has 0 aliphatic carbocycles. The molecule has 0 bridgehead atoms. The highest BCUT2D eigenvalue weighted by molar-refractivity contribution is 5.67. The van der Waals surface area contributed by atoms with Gasteiger partial charge in [-0.05, 0) is 67.9 Å². The van der Waals surface area contributed by atoms with Crippen LogP contribution in [-0.2, 0) is 11.2 Å². The normalized spacial score (nSPS) is 16.8. The van der Waals surface area contributed by atoms with Crippen molar-refractivity contribution >= 4 is 5.97 Å². The number of carboxylic acids is 1. The molecule has 150 valence electrons. The van der Waals surface area contributed by atoms with Crippen LogP contribution in [0.3, 0.4) is 0 Å². The summed E-state index contributed by atoms with van der Waals surface area (Å²) in [5.74, 6) is 0.342. The third-order valence-electron chi connectivity index (χ3n) is 6.06. The predicted octanol–water partition coefficient (Wildman–Crippen LogP) is 5.35. The molecule has 28 heavy (non-hydrogen) atoms. The van der Waals surface area contributed by atoms with Crippen LogP contribution in [0.15, 0.2) is 54.6 Å². The average Bonchev–Trinajstić information content (AvgIpc) is 2.73. The molecular formula is C25H33NO2. The standard InChI is InChI=1S/C25H33NO2/c1-2-3-17-26-18-15-23(16-19-26)25(21-7-5-4-6-8-21)22-12-9-20(10-13-22)11-14-24(27)28/h4-10,12-13,23,25H,2-3,11,14-19H2,1H3,(H,27,28). The number of likely N-dealkylation sites (tertiary alicyclic amines) is 1. The van der Waals surface area contributed by atoms with Gasteiger partial charge in [-0.2, -0.15) is 0 Å². The first-order chi connectivity index (χ1) is 13.7. The number of aryl methyl sites for hydroxylation is 1. The number of hydrogen-bond acceptors (Lipinski definition) is 2. The van der Waals surface area contributed by atoms with Crippen molar-refractivity contribution in [3.05, 3.63) is 71.3 Å². The van der Waals surface area contributed by atoms with Crippen LogP contribution in [-0.4, -0.2) is 35.6 Å². The van der Waals surface area contributed by atoms with Crippen molar-refractivity contribution in [2.75, 3.05) is 19.6 Å². The summed E-state index contributed by atoms with van der Waals surface area (Å²) in [4.78, 5) is 13.4. The quantitative estimate of drug-likeness (QED) is 0.639. The van der Waals surface area contributed by atoms with Crippen LogP contribution in [0.4, 0.5) is 0 Å². The van der Waals surface area contributed by atoms with Crippen molar-refractivity contribution < 1.29 is 9.90 Å². The molecule has 0 radical (unpaired) electrons. The average molecular weight is 380 g/mol. The number of nitrogens with zero attached hydrogens (tertiary/aromatic N) is 1. The number of rotatable bonds is 9. The zero-order chi connectivity index (χ0) is 19.8. The summed E-state index contributed by atoms with van der Waals surface area (Å²) in [5, 5.41) is 8.91. The van der Waals surface area contributed by atoms with Gasteiger partial charge in [-0.1, -0.05) is 67.9 Å². The molecule has 3 heteroatoms. The Balaban J connectivity index is 1.74. The summed E-state index contributed by atoms with van der Waals surface area (Å²) < 4.78 is 0. The Morgan fingerprint density at radius 3 is 2.29 bits per heavy atom. The van der Waals surface area contributed by atoms with E-state index in [1.54, 1.807) is 0 Å². The lowest BCUT2D eigenvalue weighted by Gasteiger charge is -2.36. The monoisotopic (exact) mass is 379 g/mol. The second-order valence-corrected chi connectivity index (χ2v) is 8.06. The number of hydrogen-bond donors (Lipinski definition) is 1. The van der Waals surface area contributed by atoms with E-state index in [1.165, 1.54) is 56.4 Å². The minimum absolute atomic E-state index is 0.192. The third kappa shape index (κ3) is 5.68. The molecule has 1 atom stereocenters. The molecule has 0 aromatic heterocycles. The van der Waals surface area contributed by atoms with Gasteiger partial charge in [-0.3, -0.25) is 4.79 Å². The van der Waals surface area contributed by atoms with E-state index in [0.717, 1.165) is 5.56 Å². The van der Waals surface area contributed by atoms with E-state index in [0.29, 0.717) is 18.3 Å². The van der Waals surface area contributed by atoms with Crippen molar-refractivity contribution in [2.45, 2.75) is 51.4 Å². The lowest BCUT2D eigenvalue weighted by Crippen LogP contribution is -2.36.